The van der Waals surface area contributed by atoms with Gasteiger partial charge in [0.05, 0.1) is 10.2 Å². The van der Waals surface area contributed by atoms with Crippen LogP contribution in [0.3, 0.4) is 0 Å². The average Bonchev–Trinajstić information content (AvgIpc) is 3.01. The molecule has 0 saturated carbocycles. The Balaban J connectivity index is 1.64. The van der Waals surface area contributed by atoms with E-state index < -0.39 is 0 Å². The topological polar surface area (TPSA) is 61.0 Å². The lowest BCUT2D eigenvalue weighted by Crippen LogP contribution is -2.53. The minimum Gasteiger partial charge on any atom is -0.349 e. The summed E-state index contributed by atoms with van der Waals surface area (Å²) in [5, 5.41) is 10.2. The number of hydrogen-bond donors (Lipinski definition) is 2. The van der Waals surface area contributed by atoms with Gasteiger partial charge in [-0.2, -0.15) is 5.10 Å². The fourth-order valence-corrected chi connectivity index (χ4v) is 4.19. The van der Waals surface area contributed by atoms with E-state index in [4.69, 9.17) is 0 Å². The van der Waals surface area contributed by atoms with E-state index in [9.17, 15) is 4.79 Å². The molecule has 0 saturated heterocycles. The number of carbonyl (C=O) groups is 1. The highest BCUT2D eigenvalue weighted by Gasteiger charge is 2.30. The lowest BCUT2D eigenvalue weighted by molar-refractivity contribution is 0.0822. The number of nitrogens with one attached hydrogen (secondary N) is 2. The smallest absolute Gasteiger partial charge is 0.273 e. The van der Waals surface area contributed by atoms with Crippen LogP contribution in [0.25, 0.3) is 0 Å². The van der Waals surface area contributed by atoms with Crippen molar-refractivity contribution >= 4 is 21.8 Å². The number of aromatic nitrogens is 2. The predicted molar refractivity (Wildman–Crippen MR) is 107 cm³/mol. The van der Waals surface area contributed by atoms with E-state index in [2.05, 4.69) is 88.3 Å². The highest BCUT2D eigenvalue weighted by molar-refractivity contribution is 9.10. The molecule has 26 heavy (non-hydrogen) atoms. The van der Waals surface area contributed by atoms with Gasteiger partial charge in [0.25, 0.3) is 5.91 Å². The van der Waals surface area contributed by atoms with Crippen LogP contribution in [0, 0.1) is 0 Å². The van der Waals surface area contributed by atoms with Gasteiger partial charge in [0, 0.05) is 25.2 Å². The SMILES string of the molecule is CC(C)c1[nH]nc(C(=O)NCC(C)(C)N2CCc3ccccc3C2)c1Br. The third-order valence-electron chi connectivity index (χ3n) is 5.19. The van der Waals surface area contributed by atoms with Gasteiger partial charge >= 0.3 is 0 Å². The van der Waals surface area contributed by atoms with Crippen LogP contribution in [0.5, 0.6) is 0 Å². The molecule has 5 nitrogen and oxygen atoms in total. The molecule has 1 amide bonds. The lowest BCUT2D eigenvalue weighted by atomic mass is 9.94. The first-order chi connectivity index (χ1) is 12.3. The largest absolute Gasteiger partial charge is 0.349 e. The first-order valence-corrected chi connectivity index (χ1v) is 9.92. The van der Waals surface area contributed by atoms with E-state index in [1.54, 1.807) is 0 Å². The number of fused-ring (bicyclic) bond motifs is 1. The standard InChI is InChI=1S/C20H27BrN4O/c1-13(2)17-16(21)18(24-23-17)19(26)22-12-20(3,4)25-10-9-14-7-5-6-8-15(14)11-25/h5-8,13H,9-12H2,1-4H3,(H,22,26)(H,23,24). The molecular formula is C20H27BrN4O. The molecule has 1 aromatic carbocycles. The van der Waals surface area contributed by atoms with Crippen molar-refractivity contribution in [3.63, 3.8) is 0 Å². The van der Waals surface area contributed by atoms with E-state index in [-0.39, 0.29) is 17.4 Å². The molecule has 0 radical (unpaired) electrons. The van der Waals surface area contributed by atoms with Gasteiger partial charge in [0.1, 0.15) is 0 Å². The van der Waals surface area contributed by atoms with Crippen LogP contribution < -0.4 is 5.32 Å². The molecule has 1 aliphatic rings. The zero-order valence-electron chi connectivity index (χ0n) is 15.9. The molecule has 0 spiro atoms. The summed E-state index contributed by atoms with van der Waals surface area (Å²) in [6.45, 7) is 11.0. The Morgan fingerprint density at radius 3 is 2.69 bits per heavy atom. The maximum absolute atomic E-state index is 12.6. The Hall–Kier alpha value is -1.66. The first-order valence-electron chi connectivity index (χ1n) is 9.13. The first kappa shape index (κ1) is 19.1. The van der Waals surface area contributed by atoms with Gasteiger partial charge < -0.3 is 5.32 Å². The average molecular weight is 419 g/mol. The molecule has 1 aromatic heterocycles. The maximum Gasteiger partial charge on any atom is 0.273 e. The third-order valence-corrected chi connectivity index (χ3v) is 6.00. The number of benzene rings is 1. The summed E-state index contributed by atoms with van der Waals surface area (Å²) in [6.07, 6.45) is 1.05. The molecule has 140 valence electrons. The normalized spacial score (nSPS) is 15.2. The number of carbonyl (C=O) groups excluding carboxylic acids is 1. The summed E-state index contributed by atoms with van der Waals surface area (Å²) in [7, 11) is 0. The van der Waals surface area contributed by atoms with Gasteiger partial charge in [-0.25, -0.2) is 0 Å². The number of nitrogens with zero attached hydrogens (tertiary/aromatic N) is 2. The summed E-state index contributed by atoms with van der Waals surface area (Å²) in [4.78, 5) is 15.0. The van der Waals surface area contributed by atoms with E-state index in [0.29, 0.717) is 12.2 Å². The number of H-pyrrole nitrogens is 1. The molecule has 0 bridgehead atoms. The highest BCUT2D eigenvalue weighted by atomic mass is 79.9. The molecule has 6 heteroatoms. The van der Waals surface area contributed by atoms with Gasteiger partial charge in [-0.3, -0.25) is 14.8 Å². The van der Waals surface area contributed by atoms with Crippen molar-refractivity contribution in [2.75, 3.05) is 13.1 Å². The Labute approximate surface area is 163 Å². The van der Waals surface area contributed by atoms with E-state index >= 15 is 0 Å². The molecule has 2 heterocycles. The summed E-state index contributed by atoms with van der Waals surface area (Å²) < 4.78 is 0.759. The fourth-order valence-electron chi connectivity index (χ4n) is 3.38. The second kappa shape index (κ2) is 7.53. The van der Waals surface area contributed by atoms with Gasteiger partial charge in [-0.05, 0) is 53.2 Å². The van der Waals surface area contributed by atoms with Crippen molar-refractivity contribution in [1.29, 1.82) is 0 Å². The van der Waals surface area contributed by atoms with Crippen molar-refractivity contribution in [1.82, 2.24) is 20.4 Å². The van der Waals surface area contributed by atoms with Gasteiger partial charge in [0.2, 0.25) is 0 Å². The van der Waals surface area contributed by atoms with Crippen LogP contribution in [0.15, 0.2) is 28.7 Å². The van der Waals surface area contributed by atoms with Crippen LogP contribution >= 0.6 is 15.9 Å². The second-order valence-corrected chi connectivity index (χ2v) is 8.68. The van der Waals surface area contributed by atoms with Crippen LogP contribution in [0.2, 0.25) is 0 Å². The summed E-state index contributed by atoms with van der Waals surface area (Å²) in [5.41, 5.74) is 4.06. The Morgan fingerprint density at radius 1 is 1.35 bits per heavy atom. The third kappa shape index (κ3) is 3.86. The number of rotatable bonds is 5. The Morgan fingerprint density at radius 2 is 2.04 bits per heavy atom. The van der Waals surface area contributed by atoms with E-state index in [0.717, 1.165) is 29.7 Å². The fraction of sp³-hybridized carbons (Fsp3) is 0.500. The summed E-state index contributed by atoms with van der Waals surface area (Å²) >= 11 is 3.50. The number of amides is 1. The molecule has 0 atom stereocenters. The van der Waals surface area contributed by atoms with E-state index in [1.165, 1.54) is 11.1 Å². The summed E-state index contributed by atoms with van der Waals surface area (Å²) in [5.74, 6) is 0.133. The van der Waals surface area contributed by atoms with Gasteiger partial charge in [-0.15, -0.1) is 0 Å². The predicted octanol–water partition coefficient (Wildman–Crippen LogP) is 3.86. The lowest BCUT2D eigenvalue weighted by Gasteiger charge is -2.41. The van der Waals surface area contributed by atoms with Crippen molar-refractivity contribution in [3.8, 4) is 0 Å². The van der Waals surface area contributed by atoms with Gasteiger partial charge in [-0.1, -0.05) is 38.1 Å². The molecular weight excluding hydrogens is 392 g/mol. The summed E-state index contributed by atoms with van der Waals surface area (Å²) in [6, 6.07) is 8.61. The van der Waals surface area contributed by atoms with Crippen molar-refractivity contribution in [2.24, 2.45) is 0 Å². The van der Waals surface area contributed by atoms with Crippen LogP contribution in [-0.4, -0.2) is 39.6 Å². The minimum absolute atomic E-state index is 0.132. The number of halogens is 1. The zero-order valence-corrected chi connectivity index (χ0v) is 17.5. The number of aromatic amines is 1. The van der Waals surface area contributed by atoms with Crippen LogP contribution in [0.4, 0.5) is 0 Å². The molecule has 2 aromatic rings. The second-order valence-electron chi connectivity index (χ2n) is 7.89. The van der Waals surface area contributed by atoms with Crippen molar-refractivity contribution in [2.45, 2.75) is 52.1 Å². The zero-order chi connectivity index (χ0) is 18.9. The van der Waals surface area contributed by atoms with Gasteiger partial charge in [0.15, 0.2) is 5.69 Å². The van der Waals surface area contributed by atoms with Crippen LogP contribution in [-0.2, 0) is 13.0 Å². The maximum atomic E-state index is 12.6. The van der Waals surface area contributed by atoms with Crippen molar-refractivity contribution in [3.05, 3.63) is 51.3 Å². The molecule has 2 N–H and O–H groups in total. The van der Waals surface area contributed by atoms with Crippen molar-refractivity contribution < 1.29 is 4.79 Å². The molecule has 3 rings (SSSR count). The number of hydrogen-bond acceptors (Lipinski definition) is 3. The quantitative estimate of drug-likeness (QED) is 0.774. The monoisotopic (exact) mass is 418 g/mol. The molecule has 0 aliphatic carbocycles. The van der Waals surface area contributed by atoms with E-state index in [1.807, 2.05) is 0 Å². The molecule has 1 aliphatic heterocycles. The molecule has 0 fully saturated rings. The Kier molecular flexibility index (Phi) is 5.53. The Bertz CT molecular complexity index is 797. The van der Waals surface area contributed by atoms with Crippen LogP contribution in [0.1, 0.15) is 60.9 Å². The highest BCUT2D eigenvalue weighted by Crippen LogP contribution is 2.27. The minimum atomic E-state index is -0.148. The molecule has 0 unspecified atom stereocenters.